The second-order valence-electron chi connectivity index (χ2n) is 9.94. The number of halogens is 3. The SMILES string of the molecule is Cc1cccc(C2CCCN(C(C)c3nc4c(cnn4C4CCCC4)c(=O)[nH]3)C2)c1.O=C(O)C(F)(F)F. The van der Waals surface area contributed by atoms with Gasteiger partial charge in [0.1, 0.15) is 11.2 Å². The van der Waals surface area contributed by atoms with Crippen LogP contribution in [0.4, 0.5) is 13.2 Å². The number of carboxylic acid groups (broad SMARTS) is 1. The molecule has 1 aromatic carbocycles. The Labute approximate surface area is 212 Å². The number of alkyl halides is 3. The standard InChI is InChI=1S/C24H31N5O.C2HF3O2/c1-16-7-5-8-18(13-16)19-9-6-12-28(15-19)17(2)22-26-23-21(24(30)27-22)14-25-29(23)20-10-3-4-11-20;3-2(4,5)1(6)7/h5,7-8,13-14,17,19-20H,3-4,6,9-12,15H2,1-2H3,(H,26,27,30);(H,6,7). The number of aliphatic carboxylic acids is 1. The van der Waals surface area contributed by atoms with Crippen LogP contribution in [0.5, 0.6) is 0 Å². The molecule has 2 aromatic heterocycles. The molecule has 2 atom stereocenters. The van der Waals surface area contributed by atoms with Crippen molar-refractivity contribution in [2.45, 2.75) is 76.6 Å². The summed E-state index contributed by atoms with van der Waals surface area (Å²) in [4.78, 5) is 32.1. The van der Waals surface area contributed by atoms with Gasteiger partial charge in [0.15, 0.2) is 5.65 Å². The number of fused-ring (bicyclic) bond motifs is 1. The summed E-state index contributed by atoms with van der Waals surface area (Å²) >= 11 is 0. The van der Waals surface area contributed by atoms with E-state index in [1.807, 2.05) is 4.68 Å². The fourth-order valence-corrected chi connectivity index (χ4v) is 5.29. The molecule has 0 amide bonds. The molecule has 1 saturated heterocycles. The van der Waals surface area contributed by atoms with Gasteiger partial charge in [0, 0.05) is 6.54 Å². The highest BCUT2D eigenvalue weighted by Gasteiger charge is 2.38. The van der Waals surface area contributed by atoms with Gasteiger partial charge in [-0.2, -0.15) is 18.3 Å². The number of rotatable bonds is 4. The van der Waals surface area contributed by atoms with Crippen molar-refractivity contribution in [1.29, 1.82) is 0 Å². The van der Waals surface area contributed by atoms with Crippen LogP contribution >= 0.6 is 0 Å². The van der Waals surface area contributed by atoms with E-state index in [2.05, 4.69) is 53.1 Å². The zero-order valence-corrected chi connectivity index (χ0v) is 21.0. The number of likely N-dealkylation sites (tertiary alicyclic amines) is 1. The number of nitrogens with one attached hydrogen (secondary N) is 1. The number of aryl methyl sites for hydroxylation is 1. The average Bonchev–Trinajstić information content (AvgIpc) is 3.53. The monoisotopic (exact) mass is 519 g/mol. The van der Waals surface area contributed by atoms with Crippen LogP contribution in [0.2, 0.25) is 0 Å². The first kappa shape index (κ1) is 26.8. The highest BCUT2D eigenvalue weighted by Crippen LogP contribution is 2.33. The molecule has 0 spiro atoms. The third kappa shape index (κ3) is 6.20. The molecular weight excluding hydrogens is 487 g/mol. The zero-order valence-electron chi connectivity index (χ0n) is 21.0. The van der Waals surface area contributed by atoms with Gasteiger partial charge in [0.2, 0.25) is 0 Å². The Morgan fingerprint density at radius 3 is 2.54 bits per heavy atom. The second kappa shape index (κ2) is 11.0. The molecule has 3 heterocycles. The van der Waals surface area contributed by atoms with Crippen molar-refractivity contribution in [1.82, 2.24) is 24.6 Å². The third-order valence-corrected chi connectivity index (χ3v) is 7.30. The lowest BCUT2D eigenvalue weighted by atomic mass is 9.89. The summed E-state index contributed by atoms with van der Waals surface area (Å²) in [6.45, 7) is 6.35. The largest absolute Gasteiger partial charge is 0.490 e. The predicted octanol–water partition coefficient (Wildman–Crippen LogP) is 5.12. The van der Waals surface area contributed by atoms with Gasteiger partial charge in [0.25, 0.3) is 5.56 Å². The van der Waals surface area contributed by atoms with Crippen molar-refractivity contribution in [3.05, 3.63) is 57.8 Å². The summed E-state index contributed by atoms with van der Waals surface area (Å²) in [6.07, 6.45) is 3.68. The first-order chi connectivity index (χ1) is 17.5. The van der Waals surface area contributed by atoms with Crippen LogP contribution in [0.15, 0.2) is 35.3 Å². The van der Waals surface area contributed by atoms with E-state index in [9.17, 15) is 18.0 Å². The van der Waals surface area contributed by atoms with Gasteiger partial charge in [-0.3, -0.25) is 9.69 Å². The summed E-state index contributed by atoms with van der Waals surface area (Å²) in [5, 5.41) is 12.3. The predicted molar refractivity (Wildman–Crippen MR) is 132 cm³/mol. The smallest absolute Gasteiger partial charge is 0.475 e. The van der Waals surface area contributed by atoms with Gasteiger partial charge < -0.3 is 10.1 Å². The number of nitrogens with zero attached hydrogens (tertiary/aromatic N) is 4. The van der Waals surface area contributed by atoms with Crippen LogP contribution in [-0.4, -0.2) is 55.0 Å². The number of H-pyrrole nitrogens is 1. The third-order valence-electron chi connectivity index (χ3n) is 7.30. The number of hydrogen-bond acceptors (Lipinski definition) is 5. The normalized spacial score (nSPS) is 20.0. The molecule has 1 aliphatic carbocycles. The second-order valence-corrected chi connectivity index (χ2v) is 9.94. The van der Waals surface area contributed by atoms with E-state index in [0.717, 1.165) is 43.8 Å². The molecule has 5 rings (SSSR count). The Hall–Kier alpha value is -3.21. The number of aromatic amines is 1. The fourth-order valence-electron chi connectivity index (χ4n) is 5.29. The number of aromatic nitrogens is 4. The lowest BCUT2D eigenvalue weighted by Gasteiger charge is -2.36. The van der Waals surface area contributed by atoms with E-state index in [0.29, 0.717) is 17.3 Å². The van der Waals surface area contributed by atoms with Crippen LogP contribution in [-0.2, 0) is 4.79 Å². The lowest BCUT2D eigenvalue weighted by Crippen LogP contribution is -2.37. The van der Waals surface area contributed by atoms with Gasteiger partial charge in [-0.1, -0.05) is 42.7 Å². The molecule has 0 radical (unpaired) electrons. The van der Waals surface area contributed by atoms with Gasteiger partial charge in [0.05, 0.1) is 18.3 Å². The minimum absolute atomic E-state index is 0.0710. The average molecular weight is 520 g/mol. The van der Waals surface area contributed by atoms with Crippen molar-refractivity contribution in [3.63, 3.8) is 0 Å². The molecular formula is C26H32F3N5O3. The number of hydrogen-bond donors (Lipinski definition) is 2. The molecule has 2 unspecified atom stereocenters. The van der Waals surface area contributed by atoms with Gasteiger partial charge in [-0.25, -0.2) is 14.5 Å². The summed E-state index contributed by atoms with van der Waals surface area (Å²) in [5.41, 5.74) is 3.41. The van der Waals surface area contributed by atoms with Gasteiger partial charge in [-0.05, 0) is 57.6 Å². The Morgan fingerprint density at radius 2 is 1.89 bits per heavy atom. The van der Waals surface area contributed by atoms with Crippen LogP contribution < -0.4 is 5.56 Å². The topological polar surface area (TPSA) is 104 Å². The van der Waals surface area contributed by atoms with Crippen LogP contribution in [0, 0.1) is 6.92 Å². The fraction of sp³-hybridized carbons (Fsp3) is 0.538. The molecule has 37 heavy (non-hydrogen) atoms. The molecule has 1 aliphatic heterocycles. The van der Waals surface area contributed by atoms with Crippen molar-refractivity contribution < 1.29 is 23.1 Å². The Morgan fingerprint density at radius 1 is 1.19 bits per heavy atom. The Balaban J connectivity index is 0.000000405. The van der Waals surface area contributed by atoms with E-state index >= 15 is 0 Å². The quantitative estimate of drug-likeness (QED) is 0.496. The number of carboxylic acids is 1. The lowest BCUT2D eigenvalue weighted by molar-refractivity contribution is -0.192. The van der Waals surface area contributed by atoms with Gasteiger partial charge >= 0.3 is 12.1 Å². The van der Waals surface area contributed by atoms with Crippen LogP contribution in [0.1, 0.15) is 80.4 Å². The van der Waals surface area contributed by atoms with Gasteiger partial charge in [-0.15, -0.1) is 0 Å². The maximum Gasteiger partial charge on any atom is 0.490 e. The molecule has 3 aromatic rings. The Kier molecular flexibility index (Phi) is 8.01. The molecule has 2 fully saturated rings. The molecule has 0 bridgehead atoms. The number of benzene rings is 1. The maximum atomic E-state index is 12.8. The van der Waals surface area contributed by atoms with Crippen molar-refractivity contribution in [2.75, 3.05) is 13.1 Å². The van der Waals surface area contributed by atoms with Crippen molar-refractivity contribution in [3.8, 4) is 0 Å². The molecule has 1 saturated carbocycles. The van der Waals surface area contributed by atoms with E-state index in [4.69, 9.17) is 14.9 Å². The molecule has 2 N–H and O–H groups in total. The number of piperidine rings is 1. The van der Waals surface area contributed by atoms with Crippen molar-refractivity contribution >= 4 is 17.0 Å². The number of carbonyl (C=O) groups is 1. The van der Waals surface area contributed by atoms with E-state index < -0.39 is 12.1 Å². The Bertz CT molecular complexity index is 1300. The minimum atomic E-state index is -5.08. The highest BCUT2D eigenvalue weighted by molar-refractivity contribution is 5.73. The van der Waals surface area contributed by atoms with E-state index in [1.165, 1.54) is 30.4 Å². The zero-order chi connectivity index (χ0) is 26.7. The maximum absolute atomic E-state index is 12.8. The van der Waals surface area contributed by atoms with E-state index in [-0.39, 0.29) is 11.6 Å². The highest BCUT2D eigenvalue weighted by atomic mass is 19.4. The van der Waals surface area contributed by atoms with E-state index in [1.54, 1.807) is 6.20 Å². The van der Waals surface area contributed by atoms with Crippen LogP contribution in [0.3, 0.4) is 0 Å². The summed E-state index contributed by atoms with van der Waals surface area (Å²) in [6, 6.07) is 9.32. The van der Waals surface area contributed by atoms with Crippen molar-refractivity contribution in [2.24, 2.45) is 0 Å². The summed E-state index contributed by atoms with van der Waals surface area (Å²) in [5.74, 6) is -1.47. The first-order valence-electron chi connectivity index (χ1n) is 12.6. The van der Waals surface area contributed by atoms with Crippen LogP contribution in [0.25, 0.3) is 11.0 Å². The minimum Gasteiger partial charge on any atom is -0.475 e. The molecule has 11 heteroatoms. The summed E-state index contributed by atoms with van der Waals surface area (Å²) in [7, 11) is 0. The molecule has 200 valence electrons. The first-order valence-corrected chi connectivity index (χ1v) is 12.6. The molecule has 8 nitrogen and oxygen atoms in total. The molecule has 2 aliphatic rings. The summed E-state index contributed by atoms with van der Waals surface area (Å²) < 4.78 is 33.7.